The summed E-state index contributed by atoms with van der Waals surface area (Å²) in [6.07, 6.45) is 1.60. The lowest BCUT2D eigenvalue weighted by atomic mass is 10.4. The van der Waals surface area contributed by atoms with Gasteiger partial charge in [0.05, 0.1) is 12.2 Å². The number of carboxylic acids is 1. The van der Waals surface area contributed by atoms with Crippen LogP contribution in [0, 0.1) is 0 Å². The van der Waals surface area contributed by atoms with E-state index in [4.69, 9.17) is 5.11 Å². The minimum Gasteiger partial charge on any atom is -0.481 e. The molecule has 0 fully saturated rings. The molecule has 8 heteroatoms. The molecule has 1 heterocycles. The SMILES string of the molecule is CCN(CCC(=O)O)C(=O)CSc1nncn1C(C)C. The van der Waals surface area contributed by atoms with Gasteiger partial charge in [0.1, 0.15) is 6.33 Å². The maximum absolute atomic E-state index is 12.0. The number of rotatable bonds is 8. The van der Waals surface area contributed by atoms with E-state index in [0.29, 0.717) is 11.7 Å². The van der Waals surface area contributed by atoms with Crippen molar-refractivity contribution in [2.24, 2.45) is 0 Å². The minimum atomic E-state index is -0.900. The van der Waals surface area contributed by atoms with Crippen molar-refractivity contribution in [1.29, 1.82) is 0 Å². The van der Waals surface area contributed by atoms with Gasteiger partial charge in [-0.1, -0.05) is 11.8 Å². The highest BCUT2D eigenvalue weighted by Gasteiger charge is 2.15. The first-order valence-electron chi connectivity index (χ1n) is 6.47. The Morgan fingerprint density at radius 3 is 2.75 bits per heavy atom. The fourth-order valence-corrected chi connectivity index (χ4v) is 2.54. The second-order valence-electron chi connectivity index (χ2n) is 4.52. The number of carbonyl (C=O) groups excluding carboxylic acids is 1. The molecule has 112 valence electrons. The minimum absolute atomic E-state index is 0.0353. The topological polar surface area (TPSA) is 88.3 Å². The lowest BCUT2D eigenvalue weighted by molar-refractivity contribution is -0.138. The Kier molecular flexibility index (Phi) is 6.50. The third-order valence-corrected chi connectivity index (χ3v) is 3.69. The zero-order chi connectivity index (χ0) is 15.1. The lowest BCUT2D eigenvalue weighted by Crippen LogP contribution is -2.34. The normalized spacial score (nSPS) is 10.8. The Hall–Kier alpha value is -1.57. The van der Waals surface area contributed by atoms with Gasteiger partial charge in [-0.2, -0.15) is 0 Å². The summed E-state index contributed by atoms with van der Waals surface area (Å²) in [5, 5.41) is 17.2. The molecule has 1 aromatic rings. The van der Waals surface area contributed by atoms with Crippen molar-refractivity contribution in [2.75, 3.05) is 18.8 Å². The number of amides is 1. The smallest absolute Gasteiger partial charge is 0.305 e. The quantitative estimate of drug-likeness (QED) is 0.727. The summed E-state index contributed by atoms with van der Waals surface area (Å²) in [7, 11) is 0. The molecule has 0 aliphatic heterocycles. The highest BCUT2D eigenvalue weighted by atomic mass is 32.2. The maximum Gasteiger partial charge on any atom is 0.305 e. The van der Waals surface area contributed by atoms with E-state index in [2.05, 4.69) is 10.2 Å². The van der Waals surface area contributed by atoms with Gasteiger partial charge in [-0.3, -0.25) is 9.59 Å². The third kappa shape index (κ3) is 4.84. The zero-order valence-electron chi connectivity index (χ0n) is 11.9. The highest BCUT2D eigenvalue weighted by molar-refractivity contribution is 7.99. The lowest BCUT2D eigenvalue weighted by Gasteiger charge is -2.19. The number of carbonyl (C=O) groups is 2. The van der Waals surface area contributed by atoms with Crippen molar-refractivity contribution in [3.05, 3.63) is 6.33 Å². The molecule has 1 N–H and O–H groups in total. The molecule has 0 spiro atoms. The maximum atomic E-state index is 12.0. The third-order valence-electron chi connectivity index (χ3n) is 2.75. The molecule has 20 heavy (non-hydrogen) atoms. The number of aromatic nitrogens is 3. The van der Waals surface area contributed by atoms with Gasteiger partial charge in [-0.05, 0) is 20.8 Å². The molecule has 0 unspecified atom stereocenters. The van der Waals surface area contributed by atoms with E-state index < -0.39 is 5.97 Å². The number of thioether (sulfide) groups is 1. The van der Waals surface area contributed by atoms with Crippen LogP contribution in [0.3, 0.4) is 0 Å². The summed E-state index contributed by atoms with van der Waals surface area (Å²) in [6.45, 7) is 6.60. The first-order valence-corrected chi connectivity index (χ1v) is 7.46. The van der Waals surface area contributed by atoms with Gasteiger partial charge < -0.3 is 14.6 Å². The molecule has 7 nitrogen and oxygen atoms in total. The number of hydrogen-bond donors (Lipinski definition) is 1. The summed E-state index contributed by atoms with van der Waals surface area (Å²) in [5.74, 6) is -0.751. The first-order chi connectivity index (χ1) is 9.45. The van der Waals surface area contributed by atoms with Crippen LogP contribution in [-0.2, 0) is 9.59 Å². The molecular formula is C12H20N4O3S. The molecule has 1 aromatic heterocycles. The van der Waals surface area contributed by atoms with Crippen LogP contribution in [0.1, 0.15) is 33.2 Å². The Morgan fingerprint density at radius 2 is 2.20 bits per heavy atom. The van der Waals surface area contributed by atoms with Crippen molar-refractivity contribution in [3.63, 3.8) is 0 Å². The van der Waals surface area contributed by atoms with Crippen LogP contribution in [0.5, 0.6) is 0 Å². The molecule has 0 atom stereocenters. The molecule has 0 aromatic carbocycles. The van der Waals surface area contributed by atoms with Crippen molar-refractivity contribution < 1.29 is 14.7 Å². The van der Waals surface area contributed by atoms with Gasteiger partial charge in [0, 0.05) is 19.1 Å². The monoisotopic (exact) mass is 300 g/mol. The summed E-state index contributed by atoms with van der Waals surface area (Å²) in [5.41, 5.74) is 0. The zero-order valence-corrected chi connectivity index (χ0v) is 12.8. The second kappa shape index (κ2) is 7.88. The van der Waals surface area contributed by atoms with E-state index in [0.717, 1.165) is 0 Å². The second-order valence-corrected chi connectivity index (χ2v) is 5.46. The van der Waals surface area contributed by atoms with Crippen LogP contribution < -0.4 is 0 Å². The van der Waals surface area contributed by atoms with Crippen LogP contribution >= 0.6 is 11.8 Å². The van der Waals surface area contributed by atoms with Crippen molar-refractivity contribution >= 4 is 23.6 Å². The van der Waals surface area contributed by atoms with Crippen LogP contribution in [0.4, 0.5) is 0 Å². The molecule has 0 saturated carbocycles. The van der Waals surface area contributed by atoms with E-state index in [1.54, 1.807) is 6.33 Å². The molecule has 0 radical (unpaired) electrons. The Balaban J connectivity index is 2.52. The predicted molar refractivity (Wildman–Crippen MR) is 75.6 cm³/mol. The van der Waals surface area contributed by atoms with E-state index >= 15 is 0 Å². The standard InChI is InChI=1S/C12H20N4O3S/c1-4-15(6-5-11(18)19)10(17)7-20-12-14-13-8-16(12)9(2)3/h8-9H,4-7H2,1-3H3,(H,18,19). The predicted octanol–water partition coefficient (Wildman–Crippen LogP) is 1.27. The van der Waals surface area contributed by atoms with Crippen LogP contribution in [0.2, 0.25) is 0 Å². The van der Waals surface area contributed by atoms with E-state index in [-0.39, 0.29) is 30.7 Å². The van der Waals surface area contributed by atoms with Crippen LogP contribution in [-0.4, -0.2) is 55.5 Å². The summed E-state index contributed by atoms with van der Waals surface area (Å²) >= 11 is 1.32. The van der Waals surface area contributed by atoms with E-state index in [9.17, 15) is 9.59 Å². The van der Waals surface area contributed by atoms with Gasteiger partial charge in [-0.25, -0.2) is 0 Å². The molecule has 0 saturated heterocycles. The van der Waals surface area contributed by atoms with E-state index in [1.165, 1.54) is 16.7 Å². The average molecular weight is 300 g/mol. The average Bonchev–Trinajstić information content (AvgIpc) is 2.85. The van der Waals surface area contributed by atoms with E-state index in [1.807, 2.05) is 25.3 Å². The highest BCUT2D eigenvalue weighted by Crippen LogP contribution is 2.19. The van der Waals surface area contributed by atoms with Crippen molar-refractivity contribution in [2.45, 2.75) is 38.4 Å². The molecular weight excluding hydrogens is 280 g/mol. The molecule has 0 aliphatic carbocycles. The van der Waals surface area contributed by atoms with Gasteiger partial charge in [0.2, 0.25) is 5.91 Å². The molecule has 0 aliphatic rings. The first kappa shape index (κ1) is 16.5. The molecule has 1 amide bonds. The largest absolute Gasteiger partial charge is 0.481 e. The fourth-order valence-electron chi connectivity index (χ4n) is 1.60. The Bertz CT molecular complexity index is 461. The van der Waals surface area contributed by atoms with Crippen molar-refractivity contribution in [3.8, 4) is 0 Å². The Morgan fingerprint density at radius 1 is 1.50 bits per heavy atom. The van der Waals surface area contributed by atoms with Gasteiger partial charge >= 0.3 is 5.97 Å². The molecule has 0 bridgehead atoms. The number of carboxylic acid groups (broad SMARTS) is 1. The van der Waals surface area contributed by atoms with Crippen molar-refractivity contribution in [1.82, 2.24) is 19.7 Å². The summed E-state index contributed by atoms with van der Waals surface area (Å²) in [4.78, 5) is 24.1. The number of hydrogen-bond acceptors (Lipinski definition) is 5. The summed E-state index contributed by atoms with van der Waals surface area (Å²) < 4.78 is 1.89. The Labute approximate surface area is 122 Å². The number of aliphatic carboxylic acids is 1. The fraction of sp³-hybridized carbons (Fsp3) is 0.667. The van der Waals surface area contributed by atoms with Gasteiger partial charge in [-0.15, -0.1) is 10.2 Å². The van der Waals surface area contributed by atoms with Crippen LogP contribution in [0.25, 0.3) is 0 Å². The van der Waals surface area contributed by atoms with Gasteiger partial charge in [0.15, 0.2) is 5.16 Å². The molecule has 1 rings (SSSR count). The van der Waals surface area contributed by atoms with Gasteiger partial charge in [0.25, 0.3) is 0 Å². The summed E-state index contributed by atoms with van der Waals surface area (Å²) in [6, 6.07) is 0.233. The number of nitrogens with zero attached hydrogens (tertiary/aromatic N) is 4. The van der Waals surface area contributed by atoms with Crippen LogP contribution in [0.15, 0.2) is 11.5 Å².